The molecular weight excluding hydrogens is 439 g/mol. The molecule has 8 heteroatoms. The lowest BCUT2D eigenvalue weighted by atomic mass is 9.84. The number of carbonyl (C=O) groups is 3. The number of ketones is 1. The number of esters is 1. The van der Waals surface area contributed by atoms with Crippen LogP contribution >= 0.6 is 0 Å². The first-order valence-corrected chi connectivity index (χ1v) is 11.8. The molecule has 2 aliphatic rings. The van der Waals surface area contributed by atoms with Gasteiger partial charge in [0.25, 0.3) is 5.91 Å². The molecule has 0 aliphatic carbocycles. The third-order valence-electron chi connectivity index (χ3n) is 6.92. The van der Waals surface area contributed by atoms with Crippen LogP contribution in [-0.4, -0.2) is 53.4 Å². The van der Waals surface area contributed by atoms with E-state index >= 15 is 0 Å². The van der Waals surface area contributed by atoms with Gasteiger partial charge in [0.05, 0.1) is 37.3 Å². The first-order valence-electron chi connectivity index (χ1n) is 11.8. The number of carbonyl (C=O) groups excluding carboxylic acids is 3. The van der Waals surface area contributed by atoms with Gasteiger partial charge in [-0.15, -0.1) is 0 Å². The molecule has 0 saturated carbocycles. The maximum absolute atomic E-state index is 13.5. The van der Waals surface area contributed by atoms with Crippen molar-refractivity contribution < 1.29 is 28.2 Å². The molecule has 7 nitrogen and oxygen atoms in total. The van der Waals surface area contributed by atoms with Crippen LogP contribution in [0.15, 0.2) is 30.3 Å². The highest BCUT2D eigenvalue weighted by Gasteiger charge is 2.38. The largest absolute Gasteiger partial charge is 0.467 e. The molecule has 1 saturated heterocycles. The molecule has 2 atom stereocenters. The van der Waals surface area contributed by atoms with E-state index in [1.807, 2.05) is 18.4 Å². The number of aromatic nitrogens is 1. The Morgan fingerprint density at radius 2 is 1.91 bits per heavy atom. The number of rotatable bonds is 7. The zero-order valence-corrected chi connectivity index (χ0v) is 19.9. The van der Waals surface area contributed by atoms with Crippen LogP contribution in [-0.2, 0) is 27.4 Å². The van der Waals surface area contributed by atoms with Crippen molar-refractivity contribution >= 4 is 17.7 Å². The minimum absolute atomic E-state index is 0.0730. The second-order valence-electron chi connectivity index (χ2n) is 9.30. The number of halogens is 1. The average molecular weight is 471 g/mol. The summed E-state index contributed by atoms with van der Waals surface area (Å²) in [6.45, 7) is 5.71. The van der Waals surface area contributed by atoms with Crippen LogP contribution in [0.3, 0.4) is 0 Å². The number of benzene rings is 1. The molecule has 1 fully saturated rings. The van der Waals surface area contributed by atoms with E-state index < -0.39 is 12.0 Å². The number of likely N-dealkylation sites (tertiary alicyclic amines) is 1. The number of amides is 1. The molecule has 182 valence electrons. The summed E-state index contributed by atoms with van der Waals surface area (Å²) in [5.41, 5.74) is 2.45. The van der Waals surface area contributed by atoms with E-state index in [1.54, 1.807) is 23.1 Å². The molecule has 0 N–H and O–H groups in total. The molecule has 0 bridgehead atoms. The van der Waals surface area contributed by atoms with Crippen molar-refractivity contribution in [1.29, 1.82) is 0 Å². The predicted molar refractivity (Wildman–Crippen MR) is 123 cm³/mol. The minimum atomic E-state index is -0.611. The molecule has 3 heterocycles. The first kappa shape index (κ1) is 24.1. The van der Waals surface area contributed by atoms with Gasteiger partial charge in [-0.1, -0.05) is 26.0 Å². The Morgan fingerprint density at radius 3 is 2.59 bits per heavy atom. The van der Waals surface area contributed by atoms with Gasteiger partial charge in [0, 0.05) is 19.5 Å². The Labute approximate surface area is 198 Å². The van der Waals surface area contributed by atoms with Gasteiger partial charge in [0.15, 0.2) is 5.78 Å². The fourth-order valence-corrected chi connectivity index (χ4v) is 5.04. The summed E-state index contributed by atoms with van der Waals surface area (Å²) < 4.78 is 25.8. The van der Waals surface area contributed by atoms with Gasteiger partial charge in [-0.05, 0) is 48.4 Å². The molecule has 0 radical (unpaired) electrons. The normalized spacial score (nSPS) is 18.6. The smallest absolute Gasteiger partial charge is 0.328 e. The van der Waals surface area contributed by atoms with Crippen LogP contribution in [0.25, 0.3) is 0 Å². The van der Waals surface area contributed by atoms with E-state index in [9.17, 15) is 18.8 Å². The SMILES string of the molecule is COC(=O)[C@H]1CCCN1C(=O)c1cc(C(=O)C[C@@H](c2ccc(F)cc2)C(C)C)n2c1COCC2. The van der Waals surface area contributed by atoms with E-state index in [0.717, 1.165) is 12.0 Å². The fraction of sp³-hybridized carbons (Fsp3) is 0.500. The van der Waals surface area contributed by atoms with E-state index in [2.05, 4.69) is 0 Å². The topological polar surface area (TPSA) is 77.8 Å². The molecule has 1 amide bonds. The van der Waals surface area contributed by atoms with Crippen molar-refractivity contribution in [3.63, 3.8) is 0 Å². The molecule has 2 aliphatic heterocycles. The quantitative estimate of drug-likeness (QED) is 0.452. The van der Waals surface area contributed by atoms with Gasteiger partial charge in [-0.2, -0.15) is 0 Å². The number of ether oxygens (including phenoxy) is 2. The van der Waals surface area contributed by atoms with Crippen LogP contribution in [0.5, 0.6) is 0 Å². The van der Waals surface area contributed by atoms with E-state index in [1.165, 1.54) is 19.2 Å². The van der Waals surface area contributed by atoms with Crippen LogP contribution in [0.1, 0.15) is 71.1 Å². The van der Waals surface area contributed by atoms with E-state index in [-0.39, 0.29) is 42.4 Å². The third kappa shape index (κ3) is 4.64. The molecule has 1 aromatic heterocycles. The summed E-state index contributed by atoms with van der Waals surface area (Å²) in [4.78, 5) is 40.7. The van der Waals surface area contributed by atoms with Gasteiger partial charge >= 0.3 is 5.97 Å². The lowest BCUT2D eigenvalue weighted by Crippen LogP contribution is -2.41. The highest BCUT2D eigenvalue weighted by atomic mass is 19.1. The Bertz CT molecular complexity index is 1080. The maximum Gasteiger partial charge on any atom is 0.328 e. The Hall–Kier alpha value is -3.00. The molecular formula is C26H31FN2O5. The summed E-state index contributed by atoms with van der Waals surface area (Å²) >= 11 is 0. The number of fused-ring (bicyclic) bond motifs is 1. The molecule has 2 aromatic rings. The van der Waals surface area contributed by atoms with Crippen LogP contribution in [0.2, 0.25) is 0 Å². The minimum Gasteiger partial charge on any atom is -0.467 e. The monoisotopic (exact) mass is 470 g/mol. The van der Waals surface area contributed by atoms with Gasteiger partial charge in [0.1, 0.15) is 11.9 Å². The summed E-state index contributed by atoms with van der Waals surface area (Å²) in [6.07, 6.45) is 1.53. The van der Waals surface area contributed by atoms with Crippen LogP contribution in [0, 0.1) is 11.7 Å². The van der Waals surface area contributed by atoms with Crippen molar-refractivity contribution in [1.82, 2.24) is 9.47 Å². The molecule has 4 rings (SSSR count). The summed E-state index contributed by atoms with van der Waals surface area (Å²) in [5.74, 6) is -1.00. The second kappa shape index (κ2) is 10.1. The number of nitrogens with zero attached hydrogens (tertiary/aromatic N) is 2. The number of hydrogen-bond acceptors (Lipinski definition) is 5. The van der Waals surface area contributed by atoms with Crippen molar-refractivity contribution in [2.45, 2.75) is 58.2 Å². The fourth-order valence-electron chi connectivity index (χ4n) is 5.04. The maximum atomic E-state index is 13.5. The zero-order chi connectivity index (χ0) is 24.4. The lowest BCUT2D eigenvalue weighted by molar-refractivity contribution is -0.145. The summed E-state index contributed by atoms with van der Waals surface area (Å²) in [7, 11) is 1.32. The van der Waals surface area contributed by atoms with Gasteiger partial charge in [0.2, 0.25) is 0 Å². The van der Waals surface area contributed by atoms with E-state index in [0.29, 0.717) is 43.1 Å². The average Bonchev–Trinajstić information content (AvgIpc) is 3.47. The Kier molecular flexibility index (Phi) is 7.16. The summed E-state index contributed by atoms with van der Waals surface area (Å²) in [5, 5.41) is 0. The second-order valence-corrected chi connectivity index (χ2v) is 9.30. The number of Topliss-reactive ketones (excluding diaryl/α,β-unsaturated/α-hetero) is 1. The molecule has 0 unspecified atom stereocenters. The number of hydrogen-bond donors (Lipinski definition) is 0. The van der Waals surface area contributed by atoms with Gasteiger partial charge in [-0.25, -0.2) is 9.18 Å². The highest BCUT2D eigenvalue weighted by molar-refractivity contribution is 6.03. The van der Waals surface area contributed by atoms with Crippen molar-refractivity contribution in [3.05, 3.63) is 58.7 Å². The van der Waals surface area contributed by atoms with Crippen molar-refractivity contribution in [2.75, 3.05) is 20.3 Å². The molecule has 34 heavy (non-hydrogen) atoms. The van der Waals surface area contributed by atoms with Crippen molar-refractivity contribution in [2.24, 2.45) is 5.92 Å². The third-order valence-corrected chi connectivity index (χ3v) is 6.92. The highest BCUT2D eigenvalue weighted by Crippen LogP contribution is 2.32. The van der Waals surface area contributed by atoms with Crippen LogP contribution < -0.4 is 0 Å². The Balaban J connectivity index is 1.64. The first-order chi connectivity index (χ1) is 16.3. The number of methoxy groups -OCH3 is 1. The summed E-state index contributed by atoms with van der Waals surface area (Å²) in [6, 6.07) is 7.32. The van der Waals surface area contributed by atoms with E-state index in [4.69, 9.17) is 9.47 Å². The van der Waals surface area contributed by atoms with Gasteiger partial charge < -0.3 is 18.9 Å². The molecule has 1 aromatic carbocycles. The Morgan fingerprint density at radius 1 is 1.18 bits per heavy atom. The van der Waals surface area contributed by atoms with Crippen molar-refractivity contribution in [3.8, 4) is 0 Å². The van der Waals surface area contributed by atoms with Gasteiger partial charge in [-0.3, -0.25) is 9.59 Å². The standard InChI is InChI=1S/C26H31FN2O5/c1-16(2)19(17-6-8-18(27)9-7-17)14-24(30)22-13-20(23-15-34-12-11-28(22)23)25(31)29-10-4-5-21(29)26(32)33-3/h6-9,13,16,19,21H,4-5,10-12,14-15H2,1-3H3/t19-,21-/m1/s1. The molecule has 0 spiro atoms. The lowest BCUT2D eigenvalue weighted by Gasteiger charge is -2.24. The predicted octanol–water partition coefficient (Wildman–Crippen LogP) is 3.95. The van der Waals surface area contributed by atoms with Crippen LogP contribution in [0.4, 0.5) is 4.39 Å². The zero-order valence-electron chi connectivity index (χ0n) is 19.9.